The molecule has 243 valence electrons. The first kappa shape index (κ1) is 30.8. The van der Waals surface area contributed by atoms with Crippen molar-refractivity contribution in [2.75, 3.05) is 50.2 Å². The molecule has 0 spiro atoms. The van der Waals surface area contributed by atoms with Crippen molar-refractivity contribution in [3.05, 3.63) is 48.4 Å². The summed E-state index contributed by atoms with van der Waals surface area (Å²) in [7, 11) is 3.70. The number of halogens is 4. The molecule has 1 saturated heterocycles. The first-order valence-corrected chi connectivity index (χ1v) is 15.9. The van der Waals surface area contributed by atoms with Gasteiger partial charge in [0.05, 0.1) is 36.9 Å². The number of aromatic amines is 1. The molecule has 3 aliphatic rings. The molecule has 0 unspecified atom stereocenters. The van der Waals surface area contributed by atoms with Gasteiger partial charge in [-0.2, -0.15) is 13.2 Å². The monoisotopic (exact) mass is 637 g/mol. The highest BCUT2D eigenvalue weighted by Gasteiger charge is 2.37. The van der Waals surface area contributed by atoms with Gasteiger partial charge in [0, 0.05) is 49.8 Å². The zero-order chi connectivity index (χ0) is 32.1. The molecule has 0 bridgehead atoms. The van der Waals surface area contributed by atoms with Crippen LogP contribution < -0.4 is 9.80 Å². The van der Waals surface area contributed by atoms with Crippen LogP contribution in [0.3, 0.4) is 0 Å². The number of methoxy groups -OCH3 is 1. The van der Waals surface area contributed by atoms with Gasteiger partial charge in [-0.05, 0) is 56.7 Å². The molecule has 1 atom stereocenters. The minimum atomic E-state index is -4.58. The molecule has 1 aliphatic heterocycles. The van der Waals surface area contributed by atoms with Crippen molar-refractivity contribution >= 4 is 22.7 Å². The third-order valence-corrected chi connectivity index (χ3v) is 9.39. The van der Waals surface area contributed by atoms with Gasteiger partial charge in [-0.3, -0.25) is 0 Å². The third-order valence-electron chi connectivity index (χ3n) is 9.39. The second kappa shape index (κ2) is 12.1. The van der Waals surface area contributed by atoms with Crippen molar-refractivity contribution in [1.82, 2.24) is 29.9 Å². The van der Waals surface area contributed by atoms with E-state index in [1.54, 1.807) is 32.0 Å². The lowest BCUT2D eigenvalue weighted by Crippen LogP contribution is -2.37. The molecule has 13 heteroatoms. The average Bonchev–Trinajstić information content (AvgIpc) is 3.65. The zero-order valence-corrected chi connectivity index (χ0v) is 25.9. The van der Waals surface area contributed by atoms with Gasteiger partial charge in [0.15, 0.2) is 11.5 Å². The topological polar surface area (TPSA) is 95.9 Å². The van der Waals surface area contributed by atoms with E-state index in [-0.39, 0.29) is 17.9 Å². The second-order valence-electron chi connectivity index (χ2n) is 13.0. The maximum absolute atomic E-state index is 14.0. The van der Waals surface area contributed by atoms with Crippen LogP contribution >= 0.6 is 0 Å². The van der Waals surface area contributed by atoms with E-state index in [2.05, 4.69) is 24.8 Å². The number of hydrogen-bond donors (Lipinski definition) is 1. The standard InChI is InChI=1S/C33H37F4N8O/c1-44(18-32(19-46-2)9-3-4-10-32)26-14-24(21-12-23(20-7-8-20)40-27(13-21)33(35,36)37)41-31-29(26)42-30(43-31)25-15-39-28(16-38-25)45-11-5-6-22(34)17-45/h6,12-16,20,22H,3-5,7-11,17-19H2,1-2H3,(H,41,42,43)/t22-/m0/s1. The molecule has 4 aromatic rings. The molecule has 1 N–H and O–H groups in total. The number of fused-ring (bicyclic) bond motifs is 1. The third kappa shape index (κ3) is 6.25. The van der Waals surface area contributed by atoms with E-state index in [0.29, 0.717) is 71.6 Å². The minimum absolute atomic E-state index is 0.0283. The first-order valence-electron chi connectivity index (χ1n) is 15.9. The highest BCUT2D eigenvalue weighted by Crippen LogP contribution is 2.44. The fourth-order valence-corrected chi connectivity index (χ4v) is 6.95. The molecule has 46 heavy (non-hydrogen) atoms. The number of H-pyrrole nitrogens is 1. The summed E-state index contributed by atoms with van der Waals surface area (Å²) in [5, 5.41) is 0. The Kier molecular flexibility index (Phi) is 8.06. The molecular formula is C33H37F4N8O. The molecule has 1 radical (unpaired) electrons. The first-order chi connectivity index (χ1) is 22.1. The number of nitrogens with one attached hydrogen (secondary N) is 1. The van der Waals surface area contributed by atoms with Crippen LogP contribution in [0, 0.1) is 11.8 Å². The van der Waals surface area contributed by atoms with Crippen LogP contribution in [0.5, 0.6) is 0 Å². The van der Waals surface area contributed by atoms with E-state index >= 15 is 0 Å². The lowest BCUT2D eigenvalue weighted by Gasteiger charge is -2.34. The second-order valence-corrected chi connectivity index (χ2v) is 13.0. The van der Waals surface area contributed by atoms with E-state index in [1.807, 2.05) is 18.0 Å². The number of imidazole rings is 1. The average molecular weight is 638 g/mol. The maximum Gasteiger partial charge on any atom is 0.433 e. The lowest BCUT2D eigenvalue weighted by molar-refractivity contribution is -0.141. The van der Waals surface area contributed by atoms with E-state index in [4.69, 9.17) is 14.7 Å². The number of ether oxygens (including phenoxy) is 1. The number of alkyl halides is 4. The Hall–Kier alpha value is -3.87. The van der Waals surface area contributed by atoms with E-state index in [1.165, 1.54) is 0 Å². The molecule has 9 nitrogen and oxygen atoms in total. The highest BCUT2D eigenvalue weighted by atomic mass is 19.4. The van der Waals surface area contributed by atoms with Crippen LogP contribution in [0.1, 0.15) is 62.3 Å². The molecule has 5 heterocycles. The minimum Gasteiger partial charge on any atom is -0.384 e. The summed E-state index contributed by atoms with van der Waals surface area (Å²) >= 11 is 0. The van der Waals surface area contributed by atoms with Gasteiger partial charge < -0.3 is 19.5 Å². The van der Waals surface area contributed by atoms with Crippen molar-refractivity contribution in [2.24, 2.45) is 5.41 Å². The summed E-state index contributed by atoms with van der Waals surface area (Å²) in [5.74, 6) is 1.04. The van der Waals surface area contributed by atoms with Crippen LogP contribution in [0.15, 0.2) is 30.6 Å². The SMILES string of the molecule is COCC1(CN(C)c2cc(-c3cc(C4CC4)nc(C(F)(F)F)c3)nc3nc(-c4cnc(N5CC[CH][C@H](F)C5)cn4)[nH]c23)CCCC1. The van der Waals surface area contributed by atoms with Gasteiger partial charge in [0.1, 0.15) is 28.9 Å². The number of pyridine rings is 2. The Balaban J connectivity index is 1.30. The lowest BCUT2D eigenvalue weighted by atomic mass is 9.86. The van der Waals surface area contributed by atoms with Crippen LogP contribution in [-0.2, 0) is 10.9 Å². The molecule has 2 saturated carbocycles. The Morgan fingerprint density at radius 2 is 1.85 bits per heavy atom. The normalized spacial score (nSPS) is 20.0. The largest absolute Gasteiger partial charge is 0.433 e. The van der Waals surface area contributed by atoms with Crippen molar-refractivity contribution in [1.29, 1.82) is 0 Å². The number of hydrogen-bond acceptors (Lipinski definition) is 8. The van der Waals surface area contributed by atoms with E-state index < -0.39 is 18.0 Å². The Morgan fingerprint density at radius 1 is 1.04 bits per heavy atom. The summed E-state index contributed by atoms with van der Waals surface area (Å²) in [5.41, 5.74) is 2.48. The van der Waals surface area contributed by atoms with Crippen LogP contribution in [0.4, 0.5) is 29.1 Å². The van der Waals surface area contributed by atoms with Gasteiger partial charge >= 0.3 is 6.18 Å². The smallest absolute Gasteiger partial charge is 0.384 e. The molecule has 0 amide bonds. The Bertz CT molecular complexity index is 1700. The molecule has 2 aliphatic carbocycles. The number of rotatable bonds is 9. The quantitative estimate of drug-likeness (QED) is 0.201. The van der Waals surface area contributed by atoms with Gasteiger partial charge in [0.2, 0.25) is 0 Å². The van der Waals surface area contributed by atoms with Gasteiger partial charge in [-0.1, -0.05) is 12.8 Å². The molecule has 7 rings (SSSR count). The van der Waals surface area contributed by atoms with Crippen LogP contribution in [-0.4, -0.2) is 76.5 Å². The number of piperidine rings is 1. The van der Waals surface area contributed by atoms with Crippen LogP contribution in [0.2, 0.25) is 0 Å². The van der Waals surface area contributed by atoms with Crippen molar-refractivity contribution < 1.29 is 22.3 Å². The zero-order valence-electron chi connectivity index (χ0n) is 25.9. The van der Waals surface area contributed by atoms with Crippen molar-refractivity contribution in [3.8, 4) is 22.8 Å². The van der Waals surface area contributed by atoms with Crippen molar-refractivity contribution in [2.45, 2.75) is 63.2 Å². The molecule has 3 fully saturated rings. The number of aromatic nitrogens is 6. The van der Waals surface area contributed by atoms with Gasteiger partial charge in [0.25, 0.3) is 0 Å². The number of nitrogens with zero attached hydrogens (tertiary/aromatic N) is 7. The fourth-order valence-electron chi connectivity index (χ4n) is 6.95. The maximum atomic E-state index is 14.0. The summed E-state index contributed by atoms with van der Waals surface area (Å²) in [4.78, 5) is 30.0. The summed E-state index contributed by atoms with van der Waals surface area (Å²) < 4.78 is 61.4. The van der Waals surface area contributed by atoms with Crippen LogP contribution in [0.25, 0.3) is 33.9 Å². The Morgan fingerprint density at radius 3 is 2.52 bits per heavy atom. The fraction of sp³-hybridized carbons (Fsp3) is 0.515. The Labute approximate surface area is 264 Å². The summed E-state index contributed by atoms with van der Waals surface area (Å²) in [6, 6.07) is 4.64. The van der Waals surface area contributed by atoms with E-state index in [9.17, 15) is 17.6 Å². The molecule has 4 aromatic heterocycles. The van der Waals surface area contributed by atoms with Gasteiger partial charge in [-0.15, -0.1) is 0 Å². The van der Waals surface area contributed by atoms with Gasteiger partial charge in [-0.25, -0.2) is 29.3 Å². The molecular weight excluding hydrogens is 600 g/mol. The number of anilines is 2. The predicted molar refractivity (Wildman–Crippen MR) is 167 cm³/mol. The van der Waals surface area contributed by atoms with Crippen molar-refractivity contribution in [3.63, 3.8) is 0 Å². The summed E-state index contributed by atoms with van der Waals surface area (Å²) in [6.07, 6.45) is 5.86. The summed E-state index contributed by atoms with van der Waals surface area (Å²) in [6.45, 7) is 2.22. The highest BCUT2D eigenvalue weighted by molar-refractivity contribution is 5.91. The molecule has 0 aromatic carbocycles. The predicted octanol–water partition coefficient (Wildman–Crippen LogP) is 6.77. The van der Waals surface area contributed by atoms with E-state index in [0.717, 1.165) is 50.3 Å².